The van der Waals surface area contributed by atoms with Crippen molar-refractivity contribution in [3.63, 3.8) is 0 Å². The van der Waals surface area contributed by atoms with Crippen molar-refractivity contribution in [1.82, 2.24) is 5.32 Å². The predicted octanol–water partition coefficient (Wildman–Crippen LogP) is 2.03. The fraction of sp³-hybridized carbons (Fsp3) is 1.00. The third-order valence-electron chi connectivity index (χ3n) is 3.74. The van der Waals surface area contributed by atoms with Crippen LogP contribution in [0.4, 0.5) is 17.6 Å². The number of rotatable bonds is 1. The minimum absolute atomic E-state index is 0.138. The maximum absolute atomic E-state index is 13.2. The summed E-state index contributed by atoms with van der Waals surface area (Å²) in [7, 11) is 1.46. The molecule has 0 bridgehead atoms. The van der Waals surface area contributed by atoms with Gasteiger partial charge in [0.2, 0.25) is 0 Å². The highest BCUT2D eigenvalue weighted by atomic mass is 19.3. The van der Waals surface area contributed by atoms with Crippen LogP contribution in [0.5, 0.6) is 0 Å². The Balaban J connectivity index is 2.42. The lowest BCUT2D eigenvalue weighted by Crippen LogP contribution is -2.42. The fourth-order valence-corrected chi connectivity index (χ4v) is 2.57. The van der Waals surface area contributed by atoms with E-state index in [4.69, 9.17) is 0 Å². The highest BCUT2D eigenvalue weighted by molar-refractivity contribution is 5.33. The summed E-state index contributed by atoms with van der Waals surface area (Å²) in [5.74, 6) is -7.73. The molecule has 0 amide bonds. The molecule has 2 saturated carbocycles. The molecule has 13 heavy (non-hydrogen) atoms. The van der Waals surface area contributed by atoms with Gasteiger partial charge in [-0.3, -0.25) is 0 Å². The number of fused-ring (bicyclic) bond motifs is 1. The van der Waals surface area contributed by atoms with Gasteiger partial charge in [0.25, 0.3) is 0 Å². The van der Waals surface area contributed by atoms with Gasteiger partial charge in [-0.1, -0.05) is 6.92 Å². The first-order valence-electron chi connectivity index (χ1n) is 4.17. The Morgan fingerprint density at radius 2 is 1.62 bits per heavy atom. The molecule has 2 aliphatic rings. The zero-order valence-electron chi connectivity index (χ0n) is 7.43. The molecule has 1 nitrogen and oxygen atoms in total. The molecule has 2 fully saturated rings. The molecule has 76 valence electrons. The Kier molecular flexibility index (Phi) is 1.33. The average molecular weight is 197 g/mol. The second-order valence-electron chi connectivity index (χ2n) is 4.30. The van der Waals surface area contributed by atoms with Gasteiger partial charge in [-0.2, -0.15) is 17.6 Å². The zero-order valence-corrected chi connectivity index (χ0v) is 7.43. The Morgan fingerprint density at radius 3 is 1.85 bits per heavy atom. The Morgan fingerprint density at radius 1 is 1.08 bits per heavy atom. The summed E-state index contributed by atoms with van der Waals surface area (Å²) in [4.78, 5) is 0. The van der Waals surface area contributed by atoms with E-state index in [0.29, 0.717) is 0 Å². The van der Waals surface area contributed by atoms with Crippen LogP contribution in [0.25, 0.3) is 0 Å². The average Bonchev–Trinajstić information content (AvgIpc) is 2.53. The van der Waals surface area contributed by atoms with Gasteiger partial charge < -0.3 is 5.32 Å². The summed E-state index contributed by atoms with van der Waals surface area (Å²) < 4.78 is 52.1. The molecular weight excluding hydrogens is 186 g/mol. The monoisotopic (exact) mass is 197 g/mol. The third-order valence-corrected chi connectivity index (χ3v) is 3.74. The second kappa shape index (κ2) is 1.87. The molecule has 2 atom stereocenters. The van der Waals surface area contributed by atoms with Crippen LogP contribution in [0.2, 0.25) is 0 Å². The van der Waals surface area contributed by atoms with Crippen LogP contribution < -0.4 is 5.32 Å². The lowest BCUT2D eigenvalue weighted by Gasteiger charge is -2.25. The molecule has 5 heteroatoms. The molecule has 0 aromatic heterocycles. The van der Waals surface area contributed by atoms with Crippen LogP contribution in [0.15, 0.2) is 0 Å². The van der Waals surface area contributed by atoms with Crippen molar-refractivity contribution in [2.24, 2.45) is 5.41 Å². The molecule has 0 radical (unpaired) electrons. The number of halogens is 4. The summed E-state index contributed by atoms with van der Waals surface area (Å²) in [5.41, 5.74) is -2.60. The van der Waals surface area contributed by atoms with Crippen molar-refractivity contribution < 1.29 is 17.6 Å². The summed E-state index contributed by atoms with van der Waals surface area (Å²) >= 11 is 0. The van der Waals surface area contributed by atoms with Crippen LogP contribution in [-0.4, -0.2) is 24.4 Å². The van der Waals surface area contributed by atoms with E-state index in [1.54, 1.807) is 0 Å². The van der Waals surface area contributed by atoms with E-state index in [-0.39, 0.29) is 6.42 Å². The SMILES string of the molecule is CNC12CC(F)(F)C(F)(F)C1(C)C2. The highest BCUT2D eigenvalue weighted by Crippen LogP contribution is 2.76. The molecule has 2 rings (SSSR count). The largest absolute Gasteiger partial charge is 0.317 e. The molecule has 0 aromatic rings. The minimum Gasteiger partial charge on any atom is -0.313 e. The fourth-order valence-electron chi connectivity index (χ4n) is 2.57. The van der Waals surface area contributed by atoms with Gasteiger partial charge in [0.15, 0.2) is 0 Å². The van der Waals surface area contributed by atoms with Crippen molar-refractivity contribution in [2.75, 3.05) is 7.05 Å². The first kappa shape index (κ1) is 9.24. The molecule has 0 aromatic carbocycles. The second-order valence-corrected chi connectivity index (χ2v) is 4.30. The summed E-state index contributed by atoms with van der Waals surface area (Å²) in [5, 5.41) is 2.61. The summed E-state index contributed by atoms with van der Waals surface area (Å²) in [6.07, 6.45) is -0.612. The van der Waals surface area contributed by atoms with Crippen LogP contribution >= 0.6 is 0 Å². The van der Waals surface area contributed by atoms with E-state index in [1.165, 1.54) is 14.0 Å². The number of nitrogens with one attached hydrogen (secondary N) is 1. The van der Waals surface area contributed by atoms with Gasteiger partial charge >= 0.3 is 11.8 Å². The molecule has 0 aliphatic heterocycles. The van der Waals surface area contributed by atoms with Crippen LogP contribution in [0.3, 0.4) is 0 Å². The number of hydrogen-bond acceptors (Lipinski definition) is 1. The van der Waals surface area contributed by atoms with E-state index in [2.05, 4.69) is 5.32 Å². The molecule has 2 aliphatic carbocycles. The topological polar surface area (TPSA) is 12.0 Å². The van der Waals surface area contributed by atoms with Gasteiger partial charge in [-0.05, 0) is 13.5 Å². The van der Waals surface area contributed by atoms with Gasteiger partial charge in [0.05, 0.1) is 5.41 Å². The Bertz CT molecular complexity index is 265. The molecule has 1 N–H and O–H groups in total. The molecule has 2 unspecified atom stereocenters. The van der Waals surface area contributed by atoms with E-state index >= 15 is 0 Å². The maximum atomic E-state index is 13.2. The minimum atomic E-state index is -3.87. The third kappa shape index (κ3) is 0.695. The molecule has 0 spiro atoms. The lowest BCUT2D eigenvalue weighted by atomic mass is 10.00. The van der Waals surface area contributed by atoms with Crippen LogP contribution in [-0.2, 0) is 0 Å². The van der Waals surface area contributed by atoms with Gasteiger partial charge in [-0.25, -0.2) is 0 Å². The first-order chi connectivity index (χ1) is 5.72. The van der Waals surface area contributed by atoms with Crippen LogP contribution in [0.1, 0.15) is 19.8 Å². The lowest BCUT2D eigenvalue weighted by molar-refractivity contribution is -0.220. The smallest absolute Gasteiger partial charge is 0.313 e. The molecule has 0 saturated heterocycles. The number of hydrogen-bond donors (Lipinski definition) is 1. The van der Waals surface area contributed by atoms with E-state index in [0.717, 1.165) is 0 Å². The first-order valence-corrected chi connectivity index (χ1v) is 4.17. The molecule has 0 heterocycles. The van der Waals surface area contributed by atoms with E-state index in [9.17, 15) is 17.6 Å². The summed E-state index contributed by atoms with van der Waals surface area (Å²) in [6, 6.07) is 0. The maximum Gasteiger partial charge on any atom is 0.317 e. The van der Waals surface area contributed by atoms with Crippen LogP contribution in [0, 0.1) is 5.41 Å². The Hall–Kier alpha value is -0.320. The normalized spacial score (nSPS) is 50.3. The van der Waals surface area contributed by atoms with Gasteiger partial charge in [0.1, 0.15) is 0 Å². The van der Waals surface area contributed by atoms with E-state index < -0.39 is 29.2 Å². The summed E-state index contributed by atoms with van der Waals surface area (Å²) in [6.45, 7) is 1.23. The molecular formula is C8H11F4N. The standard InChI is InChI=1S/C8H11F4N/c1-5-3-6(5,13-2)4-7(9,10)8(5,11)12/h13H,3-4H2,1-2H3. The van der Waals surface area contributed by atoms with Crippen molar-refractivity contribution >= 4 is 0 Å². The van der Waals surface area contributed by atoms with Gasteiger partial charge in [-0.15, -0.1) is 0 Å². The Labute approximate surface area is 73.5 Å². The highest BCUT2D eigenvalue weighted by Gasteiger charge is 2.89. The van der Waals surface area contributed by atoms with Crippen molar-refractivity contribution in [3.8, 4) is 0 Å². The van der Waals surface area contributed by atoms with E-state index in [1.807, 2.05) is 0 Å². The zero-order chi connectivity index (χ0) is 10.1. The number of alkyl halides is 4. The van der Waals surface area contributed by atoms with Crippen molar-refractivity contribution in [3.05, 3.63) is 0 Å². The van der Waals surface area contributed by atoms with Crippen molar-refractivity contribution in [2.45, 2.75) is 37.1 Å². The van der Waals surface area contributed by atoms with Crippen molar-refractivity contribution in [1.29, 1.82) is 0 Å². The predicted molar refractivity (Wildman–Crippen MR) is 39.0 cm³/mol. The van der Waals surface area contributed by atoms with Gasteiger partial charge in [0, 0.05) is 12.0 Å². The quantitative estimate of drug-likeness (QED) is 0.634.